The van der Waals surface area contributed by atoms with E-state index in [-0.39, 0.29) is 6.04 Å². The summed E-state index contributed by atoms with van der Waals surface area (Å²) in [4.78, 5) is 0.448. The molecule has 0 saturated heterocycles. The minimum atomic E-state index is -3.43. The molecule has 1 saturated carbocycles. The van der Waals surface area contributed by atoms with Crippen LogP contribution in [0.2, 0.25) is 0 Å². The zero-order valence-electron chi connectivity index (χ0n) is 13.4. The third kappa shape index (κ3) is 3.84. The van der Waals surface area contributed by atoms with E-state index in [9.17, 15) is 8.42 Å². The van der Waals surface area contributed by atoms with Crippen LogP contribution in [-0.2, 0) is 10.0 Å². The van der Waals surface area contributed by atoms with Gasteiger partial charge in [0, 0.05) is 12.1 Å². The molecular formula is C16H26N2O2S. The van der Waals surface area contributed by atoms with Crippen molar-refractivity contribution in [3.05, 3.63) is 28.8 Å². The lowest BCUT2D eigenvalue weighted by atomic mass is 9.92. The molecule has 1 aromatic rings. The zero-order chi connectivity index (χ0) is 15.6. The molecule has 2 rings (SSSR count). The average Bonchev–Trinajstić information content (AvgIpc) is 2.37. The molecule has 0 radical (unpaired) electrons. The number of rotatable bonds is 4. The lowest BCUT2D eigenvalue weighted by Crippen LogP contribution is -2.41. The summed E-state index contributed by atoms with van der Waals surface area (Å²) in [5.74, 6) is 0. The molecule has 2 N–H and O–H groups in total. The highest BCUT2D eigenvalue weighted by Gasteiger charge is 2.27. The fourth-order valence-electron chi connectivity index (χ4n) is 3.37. The van der Waals surface area contributed by atoms with Gasteiger partial charge in [0.05, 0.1) is 4.90 Å². The largest absolute Gasteiger partial charge is 0.317 e. The minimum Gasteiger partial charge on any atom is -0.317 e. The van der Waals surface area contributed by atoms with Crippen molar-refractivity contribution in [1.29, 1.82) is 0 Å². The summed E-state index contributed by atoms with van der Waals surface area (Å²) >= 11 is 0. The van der Waals surface area contributed by atoms with Gasteiger partial charge in [0.2, 0.25) is 10.0 Å². The molecule has 1 aliphatic carbocycles. The Morgan fingerprint density at radius 1 is 0.952 bits per heavy atom. The van der Waals surface area contributed by atoms with Gasteiger partial charge in [-0.3, -0.25) is 0 Å². The lowest BCUT2D eigenvalue weighted by molar-refractivity contribution is 0.342. The van der Waals surface area contributed by atoms with Gasteiger partial charge >= 0.3 is 0 Å². The van der Waals surface area contributed by atoms with Gasteiger partial charge in [-0.15, -0.1) is 0 Å². The molecule has 0 atom stereocenters. The van der Waals surface area contributed by atoms with Crippen molar-refractivity contribution in [1.82, 2.24) is 10.0 Å². The maximum Gasteiger partial charge on any atom is 0.241 e. The Kier molecular flexibility index (Phi) is 5.07. The van der Waals surface area contributed by atoms with E-state index in [1.807, 2.05) is 40.0 Å². The number of sulfonamides is 1. The maximum atomic E-state index is 12.7. The molecule has 1 fully saturated rings. The summed E-state index contributed by atoms with van der Waals surface area (Å²) in [6.07, 6.45) is 3.84. The molecule has 1 aromatic carbocycles. The van der Waals surface area contributed by atoms with Gasteiger partial charge in [-0.2, -0.15) is 0 Å². The van der Waals surface area contributed by atoms with E-state index in [0.29, 0.717) is 10.9 Å². The Labute approximate surface area is 128 Å². The third-order valence-electron chi connectivity index (χ3n) is 4.33. The van der Waals surface area contributed by atoms with E-state index in [0.717, 1.165) is 42.4 Å². The first-order valence-electron chi connectivity index (χ1n) is 7.61. The molecule has 21 heavy (non-hydrogen) atoms. The van der Waals surface area contributed by atoms with E-state index >= 15 is 0 Å². The first kappa shape index (κ1) is 16.5. The van der Waals surface area contributed by atoms with Crippen LogP contribution >= 0.6 is 0 Å². The standard InChI is InChI=1S/C16H26N2O2S/c1-11-9-12(2)16(13(3)10-11)21(19,20)18-15-7-5-14(17-4)6-8-15/h9-10,14-15,17-18H,5-8H2,1-4H3. The van der Waals surface area contributed by atoms with Crippen molar-refractivity contribution in [3.63, 3.8) is 0 Å². The molecule has 0 unspecified atom stereocenters. The van der Waals surface area contributed by atoms with E-state index in [1.54, 1.807) is 0 Å². The molecule has 5 heteroatoms. The summed E-state index contributed by atoms with van der Waals surface area (Å²) in [5.41, 5.74) is 2.74. The second-order valence-electron chi connectivity index (χ2n) is 6.19. The predicted octanol–water partition coefficient (Wildman–Crippen LogP) is 2.42. The second kappa shape index (κ2) is 6.46. The number of hydrogen-bond donors (Lipinski definition) is 2. The highest BCUT2D eigenvalue weighted by molar-refractivity contribution is 7.89. The molecule has 118 valence electrons. The molecular weight excluding hydrogens is 284 g/mol. The van der Waals surface area contributed by atoms with E-state index in [4.69, 9.17) is 0 Å². The Morgan fingerprint density at radius 3 is 1.90 bits per heavy atom. The quantitative estimate of drug-likeness (QED) is 0.898. The predicted molar refractivity (Wildman–Crippen MR) is 86.1 cm³/mol. The van der Waals surface area contributed by atoms with Gasteiger partial charge in [-0.1, -0.05) is 17.7 Å². The Hall–Kier alpha value is -0.910. The molecule has 4 nitrogen and oxygen atoms in total. The highest BCUT2D eigenvalue weighted by Crippen LogP contribution is 2.24. The molecule has 0 amide bonds. The number of benzene rings is 1. The number of aryl methyl sites for hydroxylation is 3. The molecule has 0 heterocycles. The van der Waals surface area contributed by atoms with Crippen molar-refractivity contribution in [2.75, 3.05) is 7.05 Å². The fourth-order valence-corrected chi connectivity index (χ4v) is 5.13. The fraction of sp³-hybridized carbons (Fsp3) is 0.625. The third-order valence-corrected chi connectivity index (χ3v) is 6.16. The van der Waals surface area contributed by atoms with E-state index in [1.165, 1.54) is 0 Å². The number of nitrogens with one attached hydrogen (secondary N) is 2. The van der Waals surface area contributed by atoms with Crippen LogP contribution < -0.4 is 10.0 Å². The lowest BCUT2D eigenvalue weighted by Gasteiger charge is -2.29. The van der Waals surface area contributed by atoms with Gasteiger partial charge in [0.1, 0.15) is 0 Å². The second-order valence-corrected chi connectivity index (χ2v) is 7.84. The molecule has 0 aliphatic heterocycles. The average molecular weight is 310 g/mol. The summed E-state index contributed by atoms with van der Waals surface area (Å²) < 4.78 is 28.3. The van der Waals surface area contributed by atoms with E-state index in [2.05, 4.69) is 10.0 Å². The van der Waals surface area contributed by atoms with Crippen LogP contribution in [0.3, 0.4) is 0 Å². The monoisotopic (exact) mass is 310 g/mol. The zero-order valence-corrected chi connectivity index (χ0v) is 14.2. The van der Waals surface area contributed by atoms with Crippen molar-refractivity contribution in [2.45, 2.75) is 63.4 Å². The van der Waals surface area contributed by atoms with Crippen LogP contribution in [0, 0.1) is 20.8 Å². The normalized spacial score (nSPS) is 23.2. The minimum absolute atomic E-state index is 0.0553. The van der Waals surface area contributed by atoms with Crippen LogP contribution in [0.25, 0.3) is 0 Å². The smallest absolute Gasteiger partial charge is 0.241 e. The van der Waals surface area contributed by atoms with Gasteiger partial charge in [0.25, 0.3) is 0 Å². The van der Waals surface area contributed by atoms with Crippen LogP contribution in [0.1, 0.15) is 42.4 Å². The first-order valence-corrected chi connectivity index (χ1v) is 9.09. The number of hydrogen-bond acceptors (Lipinski definition) is 3. The summed E-state index contributed by atoms with van der Waals surface area (Å²) in [5, 5.41) is 3.27. The highest BCUT2D eigenvalue weighted by atomic mass is 32.2. The SMILES string of the molecule is CNC1CCC(NS(=O)(=O)c2c(C)cc(C)cc2C)CC1. The Bertz CT molecular complexity index is 580. The Balaban J connectivity index is 2.16. The van der Waals surface area contributed by atoms with Crippen molar-refractivity contribution >= 4 is 10.0 Å². The van der Waals surface area contributed by atoms with E-state index < -0.39 is 10.0 Å². The van der Waals surface area contributed by atoms with Crippen LogP contribution in [-0.4, -0.2) is 27.5 Å². The maximum absolute atomic E-state index is 12.7. The summed E-state index contributed by atoms with van der Waals surface area (Å²) in [6.45, 7) is 5.72. The molecule has 0 bridgehead atoms. The molecule has 0 spiro atoms. The van der Waals surface area contributed by atoms with Gasteiger partial charge < -0.3 is 5.32 Å². The topological polar surface area (TPSA) is 58.2 Å². The van der Waals surface area contributed by atoms with Gasteiger partial charge in [-0.05, 0) is 64.6 Å². The summed E-state index contributed by atoms with van der Waals surface area (Å²) in [6, 6.07) is 4.44. The molecule has 1 aliphatic rings. The summed E-state index contributed by atoms with van der Waals surface area (Å²) in [7, 11) is -1.47. The molecule has 0 aromatic heterocycles. The van der Waals surface area contributed by atoms with Crippen molar-refractivity contribution in [2.24, 2.45) is 0 Å². The van der Waals surface area contributed by atoms with Crippen molar-refractivity contribution in [3.8, 4) is 0 Å². The van der Waals surface area contributed by atoms with Crippen molar-refractivity contribution < 1.29 is 8.42 Å². The Morgan fingerprint density at radius 2 is 1.43 bits per heavy atom. The van der Waals surface area contributed by atoms with Crippen LogP contribution in [0.4, 0.5) is 0 Å². The van der Waals surface area contributed by atoms with Crippen LogP contribution in [0.5, 0.6) is 0 Å². The first-order chi connectivity index (χ1) is 9.83. The van der Waals surface area contributed by atoms with Gasteiger partial charge in [0.15, 0.2) is 0 Å². The van der Waals surface area contributed by atoms with Gasteiger partial charge in [-0.25, -0.2) is 13.1 Å². The van der Waals surface area contributed by atoms with Crippen LogP contribution in [0.15, 0.2) is 17.0 Å².